The predicted octanol–water partition coefficient (Wildman–Crippen LogP) is 16.6. The van der Waals surface area contributed by atoms with Crippen molar-refractivity contribution in [1.29, 1.82) is 26.3 Å². The van der Waals surface area contributed by atoms with Crippen LogP contribution in [0.15, 0.2) is 206 Å². The molecule has 10 heteroatoms. The Kier molecular flexibility index (Phi) is 11.1. The summed E-state index contributed by atoms with van der Waals surface area (Å²) in [7, 11) is 0. The number of halogens is 3. The number of hydrogen-bond donors (Lipinski definition) is 0. The Balaban J connectivity index is 1.29. The van der Waals surface area contributed by atoms with E-state index < -0.39 is 11.7 Å². The van der Waals surface area contributed by atoms with Crippen LogP contribution in [0.5, 0.6) is 0 Å². The first kappa shape index (κ1) is 46.1. The third-order valence-electron chi connectivity index (χ3n) is 14.2. The van der Waals surface area contributed by atoms with E-state index in [1.54, 1.807) is 72.8 Å². The third kappa shape index (κ3) is 7.57. The first-order valence-electron chi connectivity index (χ1n) is 24.0. The van der Waals surface area contributed by atoms with E-state index in [1.165, 1.54) is 0 Å². The summed E-state index contributed by atoms with van der Waals surface area (Å²) >= 11 is 0. The molecule has 0 spiro atoms. The SMILES string of the molecule is N#Cc1cccc(-c2c(-n3c4cc(-c5ccccc5C#N)ccc4c4ccc(-c5ccccc5C#N)cc43)cc(C(F)(F)F)cc2-n2c3cc(-c4ccccc4C#N)ccc3c3ccc(-c4ccccc4C#N)cc32)c1. The second-order valence-electron chi connectivity index (χ2n) is 18.3. The molecule has 0 radical (unpaired) electrons. The Labute approximate surface area is 433 Å². The summed E-state index contributed by atoms with van der Waals surface area (Å²) in [6, 6.07) is 72.0. The minimum absolute atomic E-state index is 0.128. The molecule has 0 aliphatic rings. The summed E-state index contributed by atoms with van der Waals surface area (Å²) < 4.78 is 52.3. The van der Waals surface area contributed by atoms with Crippen LogP contribution in [-0.2, 0) is 6.18 Å². The van der Waals surface area contributed by atoms with Crippen molar-refractivity contribution in [2.45, 2.75) is 6.18 Å². The van der Waals surface area contributed by atoms with Gasteiger partial charge in [-0.3, -0.25) is 0 Å². The monoisotopic (exact) mass is 981 g/mol. The Morgan fingerprint density at radius 2 is 0.645 bits per heavy atom. The molecule has 0 aliphatic heterocycles. The molecule has 0 atom stereocenters. The zero-order valence-electron chi connectivity index (χ0n) is 39.9. The second-order valence-corrected chi connectivity index (χ2v) is 18.3. The van der Waals surface area contributed by atoms with Gasteiger partial charge < -0.3 is 9.13 Å². The highest BCUT2D eigenvalue weighted by atomic mass is 19.4. The van der Waals surface area contributed by atoms with Crippen molar-refractivity contribution in [1.82, 2.24) is 9.13 Å². The Bertz CT molecular complexity index is 4170. The minimum atomic E-state index is -4.91. The molecule has 12 rings (SSSR count). The molecule has 0 N–H and O–H groups in total. The molecule has 0 saturated carbocycles. The van der Waals surface area contributed by atoms with Gasteiger partial charge in [-0.2, -0.15) is 39.5 Å². The van der Waals surface area contributed by atoms with Crippen LogP contribution in [0.25, 0.3) is 111 Å². The van der Waals surface area contributed by atoms with Crippen LogP contribution < -0.4 is 0 Å². The van der Waals surface area contributed by atoms with Gasteiger partial charge >= 0.3 is 6.18 Å². The quantitative estimate of drug-likeness (QED) is 0.157. The Morgan fingerprint density at radius 3 is 0.947 bits per heavy atom. The summed E-state index contributed by atoms with van der Waals surface area (Å²) in [4.78, 5) is 0. The molecule has 0 fully saturated rings. The maximum atomic E-state index is 16.2. The minimum Gasteiger partial charge on any atom is -0.308 e. The largest absolute Gasteiger partial charge is 0.416 e. The zero-order chi connectivity index (χ0) is 52.2. The molecule has 2 heterocycles. The summed E-state index contributed by atoms with van der Waals surface area (Å²) in [6.07, 6.45) is -4.91. The molecule has 0 unspecified atom stereocenters. The molecule has 2 aromatic heterocycles. The second kappa shape index (κ2) is 18.3. The molecule has 0 aliphatic carbocycles. The van der Waals surface area contributed by atoms with E-state index in [9.17, 15) is 26.3 Å². The average molecular weight is 982 g/mol. The van der Waals surface area contributed by atoms with E-state index in [-0.39, 0.29) is 16.9 Å². The number of nitriles is 5. The maximum Gasteiger partial charge on any atom is 0.416 e. The van der Waals surface area contributed by atoms with Gasteiger partial charge in [0.1, 0.15) is 0 Å². The number of hydrogen-bond acceptors (Lipinski definition) is 5. The number of benzene rings is 10. The summed E-state index contributed by atoms with van der Waals surface area (Å²) in [6.45, 7) is 0. The van der Waals surface area contributed by atoms with E-state index in [0.717, 1.165) is 12.1 Å². The number of nitrogens with zero attached hydrogens (tertiary/aromatic N) is 7. The van der Waals surface area contributed by atoms with E-state index in [1.807, 2.05) is 130 Å². The predicted molar refractivity (Wildman–Crippen MR) is 291 cm³/mol. The van der Waals surface area contributed by atoms with Crippen molar-refractivity contribution in [3.8, 4) is 97.4 Å². The Hall–Kier alpha value is -11.0. The van der Waals surface area contributed by atoms with Crippen molar-refractivity contribution in [3.05, 3.63) is 240 Å². The van der Waals surface area contributed by atoms with Gasteiger partial charge in [-0.05, 0) is 123 Å². The zero-order valence-corrected chi connectivity index (χ0v) is 39.9. The van der Waals surface area contributed by atoms with Gasteiger partial charge in [-0.1, -0.05) is 133 Å². The van der Waals surface area contributed by atoms with Gasteiger partial charge in [-0.25, -0.2) is 0 Å². The molecule has 0 bridgehead atoms. The van der Waals surface area contributed by atoms with Crippen LogP contribution in [0, 0.1) is 56.7 Å². The lowest BCUT2D eigenvalue weighted by atomic mass is 9.95. The van der Waals surface area contributed by atoms with Crippen LogP contribution in [0.1, 0.15) is 33.4 Å². The summed E-state index contributed by atoms with van der Waals surface area (Å²) in [5.74, 6) is 0. The topological polar surface area (TPSA) is 129 Å². The normalized spacial score (nSPS) is 11.3. The van der Waals surface area contributed by atoms with Crippen LogP contribution in [0.4, 0.5) is 13.2 Å². The molecular weight excluding hydrogens is 948 g/mol. The molecule has 354 valence electrons. The van der Waals surface area contributed by atoms with Crippen LogP contribution in [0.2, 0.25) is 0 Å². The first-order chi connectivity index (χ1) is 37.1. The first-order valence-corrected chi connectivity index (χ1v) is 24.0. The highest BCUT2D eigenvalue weighted by molar-refractivity contribution is 6.14. The lowest BCUT2D eigenvalue weighted by Gasteiger charge is -2.23. The summed E-state index contributed by atoms with van der Waals surface area (Å²) in [5.41, 5.74) is 9.27. The van der Waals surface area contributed by atoms with Gasteiger partial charge in [-0.15, -0.1) is 0 Å². The molecular formula is C66H34F3N7. The van der Waals surface area contributed by atoms with Gasteiger partial charge in [0.05, 0.1) is 97.2 Å². The molecule has 7 nitrogen and oxygen atoms in total. The molecule has 0 saturated heterocycles. The molecule has 12 aromatic rings. The van der Waals surface area contributed by atoms with Gasteiger partial charge in [0, 0.05) is 27.1 Å². The number of aromatic nitrogens is 2. The average Bonchev–Trinajstić information content (AvgIpc) is 3.97. The van der Waals surface area contributed by atoms with Gasteiger partial charge in [0.2, 0.25) is 0 Å². The lowest BCUT2D eigenvalue weighted by Crippen LogP contribution is -2.11. The number of rotatable bonds is 7. The number of fused-ring (bicyclic) bond motifs is 6. The van der Waals surface area contributed by atoms with E-state index in [2.05, 4.69) is 30.3 Å². The lowest BCUT2D eigenvalue weighted by molar-refractivity contribution is -0.137. The van der Waals surface area contributed by atoms with Gasteiger partial charge in [0.25, 0.3) is 0 Å². The van der Waals surface area contributed by atoms with E-state index >= 15 is 13.2 Å². The Morgan fingerprint density at radius 1 is 0.316 bits per heavy atom. The van der Waals surface area contributed by atoms with E-state index in [4.69, 9.17) is 0 Å². The van der Waals surface area contributed by atoms with Crippen molar-refractivity contribution in [3.63, 3.8) is 0 Å². The van der Waals surface area contributed by atoms with E-state index in [0.29, 0.717) is 122 Å². The van der Waals surface area contributed by atoms with Crippen molar-refractivity contribution >= 4 is 43.6 Å². The summed E-state index contributed by atoms with van der Waals surface area (Å²) in [5, 5.41) is 54.4. The van der Waals surface area contributed by atoms with Crippen molar-refractivity contribution < 1.29 is 13.2 Å². The fourth-order valence-electron chi connectivity index (χ4n) is 10.7. The number of alkyl halides is 3. The van der Waals surface area contributed by atoms with Gasteiger partial charge in [0.15, 0.2) is 0 Å². The highest BCUT2D eigenvalue weighted by Gasteiger charge is 2.35. The molecule has 10 aromatic carbocycles. The van der Waals surface area contributed by atoms with Crippen LogP contribution in [0.3, 0.4) is 0 Å². The molecule has 0 amide bonds. The van der Waals surface area contributed by atoms with Crippen molar-refractivity contribution in [2.24, 2.45) is 0 Å². The van der Waals surface area contributed by atoms with Crippen LogP contribution in [-0.4, -0.2) is 9.13 Å². The fourth-order valence-corrected chi connectivity index (χ4v) is 10.7. The standard InChI is InChI=1S/C66H34F3N7/c67-66(68,69)50-33-63(75-59-29-41(51-16-5-1-11-46(51)36-71)20-24-55(59)56-25-21-42(30-60(56)75)52-17-6-2-12-47(52)37-72)65(45-15-9-10-40(28-45)35-70)64(34-50)76-61-31-43(53-18-7-3-13-48(53)38-73)22-26-57(61)58-27-23-44(32-62(58)76)54-19-8-4-14-49(54)39-74/h1-34H. The smallest absolute Gasteiger partial charge is 0.308 e. The maximum absolute atomic E-state index is 16.2. The fraction of sp³-hybridized carbons (Fsp3) is 0.0152. The molecule has 76 heavy (non-hydrogen) atoms. The highest BCUT2D eigenvalue weighted by Crippen LogP contribution is 2.47. The van der Waals surface area contributed by atoms with Crippen molar-refractivity contribution in [2.75, 3.05) is 0 Å². The van der Waals surface area contributed by atoms with Crippen LogP contribution >= 0.6 is 0 Å². The third-order valence-corrected chi connectivity index (χ3v) is 14.2.